The predicted octanol–water partition coefficient (Wildman–Crippen LogP) is 7.33. The van der Waals surface area contributed by atoms with Crippen molar-refractivity contribution >= 4 is 33.8 Å². The van der Waals surface area contributed by atoms with E-state index in [4.69, 9.17) is 0 Å². The Balaban J connectivity index is 1.66. The Kier molecular flexibility index (Phi) is 15.2. The Morgan fingerprint density at radius 2 is 1.00 bits per heavy atom. The number of aryl methyl sites for hydroxylation is 6. The Morgan fingerprint density at radius 1 is 0.600 bits per heavy atom. The minimum atomic E-state index is 0.221. The van der Waals surface area contributed by atoms with Gasteiger partial charge in [-0.3, -0.25) is 9.59 Å². The highest BCUT2D eigenvalue weighted by molar-refractivity contribution is 8.13. The highest BCUT2D eigenvalue weighted by Crippen LogP contribution is 2.24. The van der Waals surface area contributed by atoms with E-state index in [1.807, 2.05) is 37.4 Å². The van der Waals surface area contributed by atoms with E-state index in [0.29, 0.717) is 0 Å². The minimum Gasteiger partial charge on any atom is -0.337 e. The standard InChI is InChI=1S/C32H46N4O2S2/c1-27(37)39-21-9-5-3-7-11-29-23-31(13-17-35-19-15-33-25-35)32(14-18-36-20-16-34-26-36)24-30(29)12-8-4-6-10-22-40-28(2)38/h15-16,19-20,23-26H,3-14,17-18,21-22H2,1-2H3. The highest BCUT2D eigenvalue weighted by atomic mass is 32.2. The summed E-state index contributed by atoms with van der Waals surface area (Å²) in [5.74, 6) is 1.88. The van der Waals surface area contributed by atoms with Crippen molar-refractivity contribution in [3.05, 3.63) is 71.8 Å². The summed E-state index contributed by atoms with van der Waals surface area (Å²) in [6.07, 6.45) is 25.2. The van der Waals surface area contributed by atoms with Gasteiger partial charge in [-0.05, 0) is 73.6 Å². The second kappa shape index (κ2) is 18.9. The van der Waals surface area contributed by atoms with Gasteiger partial charge < -0.3 is 9.13 Å². The molecule has 2 aromatic heterocycles. The first kappa shape index (κ1) is 32.2. The van der Waals surface area contributed by atoms with Gasteiger partial charge in [-0.15, -0.1) is 0 Å². The zero-order valence-corrected chi connectivity index (χ0v) is 26.0. The van der Waals surface area contributed by atoms with E-state index in [1.54, 1.807) is 13.8 Å². The molecule has 2 heterocycles. The van der Waals surface area contributed by atoms with Gasteiger partial charge in [0.15, 0.2) is 10.2 Å². The van der Waals surface area contributed by atoms with Crippen LogP contribution in [0, 0.1) is 0 Å². The van der Waals surface area contributed by atoms with Crippen LogP contribution in [0.15, 0.2) is 49.6 Å². The molecular formula is C32H46N4O2S2. The molecule has 0 aliphatic heterocycles. The van der Waals surface area contributed by atoms with Gasteiger partial charge in [0.1, 0.15) is 0 Å². The molecule has 0 fully saturated rings. The fourth-order valence-electron chi connectivity index (χ4n) is 5.03. The third kappa shape index (κ3) is 12.9. The van der Waals surface area contributed by atoms with E-state index >= 15 is 0 Å². The van der Waals surface area contributed by atoms with Crippen molar-refractivity contribution in [3.8, 4) is 0 Å². The summed E-state index contributed by atoms with van der Waals surface area (Å²) >= 11 is 2.90. The molecular weight excluding hydrogens is 537 g/mol. The van der Waals surface area contributed by atoms with Gasteiger partial charge in [0, 0.05) is 63.2 Å². The summed E-state index contributed by atoms with van der Waals surface area (Å²) in [6, 6.07) is 5.01. The summed E-state index contributed by atoms with van der Waals surface area (Å²) in [6.45, 7) is 5.17. The molecule has 6 nitrogen and oxygen atoms in total. The van der Waals surface area contributed by atoms with E-state index in [-0.39, 0.29) is 10.2 Å². The van der Waals surface area contributed by atoms with Crippen LogP contribution < -0.4 is 0 Å². The van der Waals surface area contributed by atoms with Crippen LogP contribution in [-0.4, -0.2) is 40.8 Å². The summed E-state index contributed by atoms with van der Waals surface area (Å²) in [4.78, 5) is 30.8. The molecule has 0 spiro atoms. The number of aromatic nitrogens is 4. The first-order chi connectivity index (χ1) is 19.5. The van der Waals surface area contributed by atoms with Crippen LogP contribution in [0.2, 0.25) is 0 Å². The average Bonchev–Trinajstić information content (AvgIpc) is 3.65. The molecule has 0 atom stereocenters. The molecule has 0 saturated carbocycles. The molecule has 8 heteroatoms. The zero-order valence-electron chi connectivity index (χ0n) is 24.4. The summed E-state index contributed by atoms with van der Waals surface area (Å²) in [5.41, 5.74) is 5.92. The zero-order chi connectivity index (χ0) is 28.4. The monoisotopic (exact) mass is 582 g/mol. The van der Waals surface area contributed by atoms with Gasteiger partial charge in [0.2, 0.25) is 0 Å². The smallest absolute Gasteiger partial charge is 0.185 e. The van der Waals surface area contributed by atoms with E-state index in [9.17, 15) is 9.59 Å². The maximum absolute atomic E-state index is 11.2. The van der Waals surface area contributed by atoms with Crippen LogP contribution in [0.4, 0.5) is 0 Å². The number of hydrogen-bond acceptors (Lipinski definition) is 6. The molecule has 0 aliphatic rings. The number of benzene rings is 1. The molecule has 0 amide bonds. The molecule has 0 aliphatic carbocycles. The number of unbranched alkanes of at least 4 members (excludes halogenated alkanes) is 6. The number of nitrogens with zero attached hydrogens (tertiary/aromatic N) is 4. The van der Waals surface area contributed by atoms with E-state index in [2.05, 4.69) is 31.2 Å². The van der Waals surface area contributed by atoms with E-state index in [1.165, 1.54) is 84.3 Å². The van der Waals surface area contributed by atoms with E-state index in [0.717, 1.165) is 63.1 Å². The molecule has 0 saturated heterocycles. The van der Waals surface area contributed by atoms with Crippen molar-refractivity contribution in [2.45, 2.75) is 104 Å². The molecule has 1 aromatic carbocycles. The lowest BCUT2D eigenvalue weighted by atomic mass is 9.89. The first-order valence-corrected chi connectivity index (χ1v) is 16.8. The third-order valence-corrected chi connectivity index (χ3v) is 9.01. The highest BCUT2D eigenvalue weighted by Gasteiger charge is 2.12. The quantitative estimate of drug-likeness (QED) is 0.130. The summed E-state index contributed by atoms with van der Waals surface area (Å²) in [7, 11) is 0. The van der Waals surface area contributed by atoms with Crippen LogP contribution in [-0.2, 0) is 48.4 Å². The minimum absolute atomic E-state index is 0.221. The predicted molar refractivity (Wildman–Crippen MR) is 169 cm³/mol. The van der Waals surface area contributed by atoms with Crippen LogP contribution in [0.3, 0.4) is 0 Å². The molecule has 0 bridgehead atoms. The van der Waals surface area contributed by atoms with Gasteiger partial charge in [0.05, 0.1) is 12.7 Å². The van der Waals surface area contributed by atoms with Gasteiger partial charge in [-0.25, -0.2) is 9.97 Å². The molecule has 40 heavy (non-hydrogen) atoms. The van der Waals surface area contributed by atoms with Gasteiger partial charge in [-0.1, -0.05) is 61.3 Å². The SMILES string of the molecule is CC(=O)SCCCCCCc1cc(CCn2ccnc2)c(CCn2ccnc2)cc1CCCCCCSC(C)=O. The Hall–Kier alpha value is -2.32. The normalized spacial score (nSPS) is 11.2. The van der Waals surface area contributed by atoms with Crippen LogP contribution >= 0.6 is 23.5 Å². The van der Waals surface area contributed by atoms with Gasteiger partial charge in [0.25, 0.3) is 0 Å². The summed E-state index contributed by atoms with van der Waals surface area (Å²) in [5, 5.41) is 0.442. The lowest BCUT2D eigenvalue weighted by molar-refractivity contribution is -0.109. The molecule has 218 valence electrons. The molecule has 0 unspecified atom stereocenters. The van der Waals surface area contributed by atoms with Crippen LogP contribution in [0.25, 0.3) is 0 Å². The second-order valence-electron chi connectivity index (χ2n) is 10.5. The Bertz CT molecular complexity index is 1040. The van der Waals surface area contributed by atoms with E-state index < -0.39 is 0 Å². The van der Waals surface area contributed by atoms with Crippen molar-refractivity contribution < 1.29 is 9.59 Å². The van der Waals surface area contributed by atoms with Crippen LogP contribution in [0.1, 0.15) is 87.5 Å². The van der Waals surface area contributed by atoms with Gasteiger partial charge >= 0.3 is 0 Å². The van der Waals surface area contributed by atoms with Gasteiger partial charge in [-0.2, -0.15) is 0 Å². The van der Waals surface area contributed by atoms with Crippen LogP contribution in [0.5, 0.6) is 0 Å². The number of carbonyl (C=O) groups excluding carboxylic acids is 2. The molecule has 0 N–H and O–H groups in total. The number of carbonyl (C=O) groups is 2. The molecule has 3 rings (SSSR count). The molecule has 0 radical (unpaired) electrons. The van der Waals surface area contributed by atoms with Crippen molar-refractivity contribution in [2.75, 3.05) is 11.5 Å². The third-order valence-electron chi connectivity index (χ3n) is 7.21. The topological polar surface area (TPSA) is 69.8 Å². The van der Waals surface area contributed by atoms with Crippen molar-refractivity contribution in [3.63, 3.8) is 0 Å². The molecule has 3 aromatic rings. The number of rotatable bonds is 20. The number of hydrogen-bond donors (Lipinski definition) is 0. The number of imidazole rings is 2. The summed E-state index contributed by atoms with van der Waals surface area (Å²) < 4.78 is 4.33. The fourth-order valence-corrected chi connectivity index (χ4v) is 6.31. The average molecular weight is 583 g/mol. The fraction of sp³-hybridized carbons (Fsp3) is 0.562. The van der Waals surface area contributed by atoms with Crippen molar-refractivity contribution in [1.29, 1.82) is 0 Å². The number of thioether (sulfide) groups is 2. The lowest BCUT2D eigenvalue weighted by Crippen LogP contribution is -2.08. The first-order valence-electron chi connectivity index (χ1n) is 14.8. The Labute approximate surface area is 249 Å². The Morgan fingerprint density at radius 3 is 1.38 bits per heavy atom. The second-order valence-corrected chi connectivity index (χ2v) is 13.0. The van der Waals surface area contributed by atoms with Crippen molar-refractivity contribution in [1.82, 2.24) is 19.1 Å². The lowest BCUT2D eigenvalue weighted by Gasteiger charge is -2.18. The van der Waals surface area contributed by atoms with Crippen molar-refractivity contribution in [2.24, 2.45) is 0 Å². The maximum atomic E-state index is 11.2. The largest absolute Gasteiger partial charge is 0.337 e. The maximum Gasteiger partial charge on any atom is 0.185 e.